The molecule has 16 heteroatoms. The van der Waals surface area contributed by atoms with Crippen LogP contribution in [0.25, 0.3) is 0 Å². The minimum Gasteiger partial charge on any atom is -0.438 e. The van der Waals surface area contributed by atoms with Crippen molar-refractivity contribution in [3.05, 3.63) is 0 Å². The monoisotopic (exact) mass is 397 g/mol. The Labute approximate surface area is 127 Å². The zero-order valence-corrected chi connectivity index (χ0v) is 12.0. The van der Waals surface area contributed by atoms with Crippen molar-refractivity contribution in [1.29, 1.82) is 0 Å². The Kier molecular flexibility index (Phi) is 6.40. The van der Waals surface area contributed by atoms with E-state index < -0.39 is 52.2 Å². The quantitative estimate of drug-likeness (QED) is 0.514. The van der Waals surface area contributed by atoms with Gasteiger partial charge in [-0.15, -0.1) is 0 Å². The van der Waals surface area contributed by atoms with E-state index in [1.54, 1.807) is 0 Å². The number of amides is 1. The first-order chi connectivity index (χ1) is 10.5. The number of hydrogen-bond donors (Lipinski definition) is 1. The summed E-state index contributed by atoms with van der Waals surface area (Å²) in [6.45, 7) is -1.64. The van der Waals surface area contributed by atoms with E-state index in [-0.39, 0.29) is 4.72 Å². The smallest absolute Gasteiger partial charge is 0.438 e. The molecule has 1 N–H and O–H groups in total. The number of carbonyl (C=O) groups excluding carboxylic acids is 2. The molecular formula is C8H7F8NO6S. The van der Waals surface area contributed by atoms with Crippen LogP contribution in [0.3, 0.4) is 0 Å². The molecule has 7 nitrogen and oxygen atoms in total. The Balaban J connectivity index is 5.46. The second kappa shape index (κ2) is 6.94. The fraction of sp³-hybridized carbons (Fsp3) is 0.750. The fourth-order valence-corrected chi connectivity index (χ4v) is 1.89. The van der Waals surface area contributed by atoms with Gasteiger partial charge in [0.2, 0.25) is 0 Å². The normalized spacial score (nSPS) is 13.6. The summed E-state index contributed by atoms with van der Waals surface area (Å²) in [6.07, 6.45) is -6.95. The maximum absolute atomic E-state index is 13.2. The lowest BCUT2D eigenvalue weighted by Crippen LogP contribution is -2.63. The highest BCUT2D eigenvalue weighted by atomic mass is 32.2. The maximum Gasteiger partial charge on any atom is 0.508 e. The van der Waals surface area contributed by atoms with E-state index >= 15 is 0 Å². The summed E-state index contributed by atoms with van der Waals surface area (Å²) in [5.41, 5.74) is 0. The van der Waals surface area contributed by atoms with Gasteiger partial charge in [0.15, 0.2) is 6.61 Å². The van der Waals surface area contributed by atoms with E-state index in [1.807, 2.05) is 0 Å². The first-order valence-corrected chi connectivity index (χ1v) is 6.70. The molecule has 0 spiro atoms. The summed E-state index contributed by atoms with van der Waals surface area (Å²) in [7, 11) is -6.20. The van der Waals surface area contributed by atoms with Gasteiger partial charge in [0.05, 0.1) is 7.11 Å². The van der Waals surface area contributed by atoms with Crippen molar-refractivity contribution in [3.8, 4) is 0 Å². The van der Waals surface area contributed by atoms with E-state index in [0.29, 0.717) is 0 Å². The van der Waals surface area contributed by atoms with E-state index in [0.717, 1.165) is 7.11 Å². The zero-order chi connectivity index (χ0) is 19.6. The molecule has 24 heavy (non-hydrogen) atoms. The standard InChI is InChI=1S/C8H7F8NO6S/c1-22-5(19)23-2-3(18)17-24(20,21)8(15,16)7(13,14)6(11,12)4(9)10/h4H,2H2,1H3,(H,17,18). The van der Waals surface area contributed by atoms with Crippen molar-refractivity contribution in [2.24, 2.45) is 0 Å². The average Bonchev–Trinajstić information content (AvgIpc) is 2.43. The number of sulfonamides is 1. The largest absolute Gasteiger partial charge is 0.508 e. The first-order valence-electron chi connectivity index (χ1n) is 5.22. The molecule has 0 aliphatic rings. The van der Waals surface area contributed by atoms with E-state index in [2.05, 4.69) is 9.47 Å². The molecule has 0 rings (SSSR count). The van der Waals surface area contributed by atoms with Gasteiger partial charge in [0, 0.05) is 0 Å². The molecule has 0 aliphatic carbocycles. The molecule has 0 heterocycles. The van der Waals surface area contributed by atoms with Crippen LogP contribution in [0.4, 0.5) is 39.9 Å². The maximum atomic E-state index is 13.2. The second-order valence-electron chi connectivity index (χ2n) is 3.79. The third kappa shape index (κ3) is 3.96. The molecule has 0 saturated carbocycles. The highest BCUT2D eigenvalue weighted by Gasteiger charge is 2.80. The molecule has 0 aliphatic heterocycles. The summed E-state index contributed by atoms with van der Waals surface area (Å²) in [5, 5.41) is -6.82. The number of rotatable bonds is 7. The highest BCUT2D eigenvalue weighted by Crippen LogP contribution is 2.50. The molecule has 0 aromatic heterocycles. The summed E-state index contributed by atoms with van der Waals surface area (Å²) >= 11 is 0. The third-order valence-corrected chi connectivity index (χ3v) is 3.56. The molecule has 0 atom stereocenters. The van der Waals surface area contributed by atoms with Crippen LogP contribution in [0.15, 0.2) is 0 Å². The predicted octanol–water partition coefficient (Wildman–Crippen LogP) is 1.34. The highest BCUT2D eigenvalue weighted by molar-refractivity contribution is 7.91. The molecule has 142 valence electrons. The van der Waals surface area contributed by atoms with Gasteiger partial charge < -0.3 is 9.47 Å². The van der Waals surface area contributed by atoms with E-state index in [1.165, 1.54) is 0 Å². The summed E-state index contributed by atoms with van der Waals surface area (Å²) in [6, 6.07) is 0. The lowest BCUT2D eigenvalue weighted by molar-refractivity contribution is -0.315. The van der Waals surface area contributed by atoms with Crippen LogP contribution in [0.2, 0.25) is 0 Å². The molecule has 0 saturated heterocycles. The van der Waals surface area contributed by atoms with E-state index in [9.17, 15) is 53.1 Å². The van der Waals surface area contributed by atoms with Crippen LogP contribution < -0.4 is 4.72 Å². The van der Waals surface area contributed by atoms with Crippen LogP contribution >= 0.6 is 0 Å². The Morgan fingerprint density at radius 2 is 1.54 bits per heavy atom. The number of alkyl halides is 8. The van der Waals surface area contributed by atoms with Crippen molar-refractivity contribution < 1.29 is 62.6 Å². The first kappa shape index (κ1) is 22.1. The minimum atomic E-state index is -7.08. The van der Waals surface area contributed by atoms with Crippen molar-refractivity contribution in [1.82, 2.24) is 4.72 Å². The van der Waals surface area contributed by atoms with Gasteiger partial charge in [-0.2, -0.15) is 34.8 Å². The molecule has 1 amide bonds. The van der Waals surface area contributed by atoms with Gasteiger partial charge in [-0.3, -0.25) is 4.79 Å². The molecule has 0 aromatic carbocycles. The molecule has 0 unspecified atom stereocenters. The minimum absolute atomic E-state index is 0.185. The number of nitrogens with one attached hydrogen (secondary N) is 1. The number of carbonyl (C=O) groups is 2. The molecule has 0 aromatic rings. The Morgan fingerprint density at radius 3 is 1.92 bits per heavy atom. The van der Waals surface area contributed by atoms with Crippen LogP contribution in [0, 0.1) is 0 Å². The summed E-state index contributed by atoms with van der Waals surface area (Å²) in [4.78, 5) is 21.3. The van der Waals surface area contributed by atoms with Crippen molar-refractivity contribution in [2.45, 2.75) is 23.5 Å². The Morgan fingerprint density at radius 1 is 1.08 bits per heavy atom. The van der Waals surface area contributed by atoms with Gasteiger partial charge >= 0.3 is 39.7 Å². The topological polar surface area (TPSA) is 98.8 Å². The fourth-order valence-electron chi connectivity index (χ4n) is 0.927. The lowest BCUT2D eigenvalue weighted by atomic mass is 10.2. The summed E-state index contributed by atoms with van der Waals surface area (Å²) < 4.78 is 131. The second-order valence-corrected chi connectivity index (χ2v) is 5.51. The molecule has 0 fully saturated rings. The number of ether oxygens (including phenoxy) is 2. The molecule has 0 radical (unpaired) electrons. The number of methoxy groups -OCH3 is 1. The zero-order valence-electron chi connectivity index (χ0n) is 11.2. The van der Waals surface area contributed by atoms with Gasteiger partial charge in [-0.25, -0.2) is 18.3 Å². The van der Waals surface area contributed by atoms with Crippen molar-refractivity contribution >= 4 is 22.1 Å². The Hall–Kier alpha value is -1.87. The van der Waals surface area contributed by atoms with Gasteiger partial charge in [0.25, 0.3) is 5.91 Å². The van der Waals surface area contributed by atoms with E-state index in [4.69, 9.17) is 0 Å². The lowest BCUT2D eigenvalue weighted by Gasteiger charge is -2.31. The van der Waals surface area contributed by atoms with Crippen LogP contribution in [-0.4, -0.2) is 57.7 Å². The third-order valence-electron chi connectivity index (χ3n) is 2.13. The SMILES string of the molecule is COC(=O)OCC(=O)NS(=O)(=O)C(F)(F)C(F)(F)C(F)(F)C(F)F. The average molecular weight is 397 g/mol. The van der Waals surface area contributed by atoms with Crippen molar-refractivity contribution in [3.63, 3.8) is 0 Å². The predicted molar refractivity (Wildman–Crippen MR) is 56.3 cm³/mol. The van der Waals surface area contributed by atoms with Crippen molar-refractivity contribution in [2.75, 3.05) is 13.7 Å². The van der Waals surface area contributed by atoms with Crippen LogP contribution in [-0.2, 0) is 24.3 Å². The number of hydrogen-bond acceptors (Lipinski definition) is 6. The van der Waals surface area contributed by atoms with Gasteiger partial charge in [-0.1, -0.05) is 0 Å². The number of halogens is 8. The molecular weight excluding hydrogens is 390 g/mol. The molecule has 0 bridgehead atoms. The van der Waals surface area contributed by atoms with Gasteiger partial charge in [-0.05, 0) is 0 Å². The summed E-state index contributed by atoms with van der Waals surface area (Å²) in [5.74, 6) is -16.0. The Bertz CT molecular complexity index is 591. The van der Waals surface area contributed by atoms with Crippen LogP contribution in [0.5, 0.6) is 0 Å². The van der Waals surface area contributed by atoms with Gasteiger partial charge in [0.1, 0.15) is 0 Å². The van der Waals surface area contributed by atoms with Crippen LogP contribution in [0.1, 0.15) is 0 Å².